The second-order valence-corrected chi connectivity index (χ2v) is 10.7. The fourth-order valence-corrected chi connectivity index (χ4v) is 5.18. The number of sulfone groups is 1. The summed E-state index contributed by atoms with van der Waals surface area (Å²) in [5, 5.41) is 0. The highest BCUT2D eigenvalue weighted by Crippen LogP contribution is 2.29. The molecule has 0 aromatic heterocycles. The highest BCUT2D eigenvalue weighted by molar-refractivity contribution is 7.90. The van der Waals surface area contributed by atoms with Gasteiger partial charge in [-0.05, 0) is 50.3 Å². The van der Waals surface area contributed by atoms with Crippen LogP contribution >= 0.6 is 0 Å². The second-order valence-electron chi connectivity index (χ2n) is 8.73. The van der Waals surface area contributed by atoms with Gasteiger partial charge < -0.3 is 14.5 Å². The quantitative estimate of drug-likeness (QED) is 0.569. The molecule has 0 radical (unpaired) electrons. The third-order valence-corrected chi connectivity index (χ3v) is 7.40. The predicted molar refractivity (Wildman–Crippen MR) is 119 cm³/mol. The number of benzene rings is 1. The summed E-state index contributed by atoms with van der Waals surface area (Å²) in [6.45, 7) is 1.58. The number of rotatable bonds is 8. The standard InChI is InChI=1S/C23H34N2O5S/c1-24(14-8-16-30-19-11-6-12-20(17-19)31(2,28)29)23(27)21-13-7-15-25(21)22(26)18-9-4-3-5-10-18/h6,11-12,17-18,21H,3-5,7-10,13-16H2,1-2H3. The molecule has 1 saturated heterocycles. The van der Waals surface area contributed by atoms with Crippen LogP contribution in [0.2, 0.25) is 0 Å². The van der Waals surface area contributed by atoms with Gasteiger partial charge in [-0.15, -0.1) is 0 Å². The van der Waals surface area contributed by atoms with Crippen molar-refractivity contribution in [2.24, 2.45) is 5.92 Å². The van der Waals surface area contributed by atoms with Gasteiger partial charge in [0.05, 0.1) is 11.5 Å². The number of carbonyl (C=O) groups is 2. The van der Waals surface area contributed by atoms with Gasteiger partial charge in [-0.3, -0.25) is 9.59 Å². The van der Waals surface area contributed by atoms with E-state index in [1.807, 2.05) is 4.90 Å². The van der Waals surface area contributed by atoms with Crippen molar-refractivity contribution in [1.82, 2.24) is 9.80 Å². The zero-order valence-corrected chi connectivity index (χ0v) is 19.4. The average molecular weight is 451 g/mol. The van der Waals surface area contributed by atoms with E-state index in [9.17, 15) is 18.0 Å². The summed E-state index contributed by atoms with van der Waals surface area (Å²) in [6, 6.07) is 6.08. The molecule has 1 aromatic rings. The molecule has 0 spiro atoms. The molecule has 2 fully saturated rings. The predicted octanol–water partition coefficient (Wildman–Crippen LogP) is 2.89. The Bertz CT molecular complexity index is 880. The lowest BCUT2D eigenvalue weighted by atomic mass is 9.88. The Morgan fingerprint density at radius 1 is 1.13 bits per heavy atom. The topological polar surface area (TPSA) is 84.0 Å². The minimum absolute atomic E-state index is 0.000679. The minimum atomic E-state index is -3.28. The van der Waals surface area contributed by atoms with Gasteiger partial charge >= 0.3 is 0 Å². The number of hydrogen-bond acceptors (Lipinski definition) is 5. The van der Waals surface area contributed by atoms with Crippen LogP contribution in [0.4, 0.5) is 0 Å². The van der Waals surface area contributed by atoms with Gasteiger partial charge in [-0.25, -0.2) is 8.42 Å². The smallest absolute Gasteiger partial charge is 0.245 e. The van der Waals surface area contributed by atoms with Crippen LogP contribution in [-0.4, -0.2) is 69.1 Å². The summed E-state index contributed by atoms with van der Waals surface area (Å²) in [5.74, 6) is 0.749. The first-order chi connectivity index (χ1) is 14.8. The normalized spacial score (nSPS) is 19.9. The van der Waals surface area contributed by atoms with Crippen LogP contribution in [0.3, 0.4) is 0 Å². The monoisotopic (exact) mass is 450 g/mol. The van der Waals surface area contributed by atoms with E-state index in [-0.39, 0.29) is 28.7 Å². The summed E-state index contributed by atoms with van der Waals surface area (Å²) >= 11 is 0. The molecule has 172 valence electrons. The van der Waals surface area contributed by atoms with Gasteiger partial charge in [0.2, 0.25) is 11.8 Å². The molecule has 1 unspecified atom stereocenters. The van der Waals surface area contributed by atoms with Gasteiger partial charge in [0.15, 0.2) is 9.84 Å². The SMILES string of the molecule is CN(CCCOc1cccc(S(C)(=O)=O)c1)C(=O)C1CCCN1C(=O)C1CCCCC1. The molecule has 2 amide bonds. The van der Waals surface area contributed by atoms with Crippen molar-refractivity contribution in [3.8, 4) is 5.75 Å². The van der Waals surface area contributed by atoms with Gasteiger partial charge in [-0.1, -0.05) is 25.3 Å². The zero-order valence-electron chi connectivity index (χ0n) is 18.6. The highest BCUT2D eigenvalue weighted by atomic mass is 32.2. The third-order valence-electron chi connectivity index (χ3n) is 6.29. The van der Waals surface area contributed by atoms with Crippen molar-refractivity contribution in [1.29, 1.82) is 0 Å². The molecule has 1 atom stereocenters. The molecule has 0 N–H and O–H groups in total. The van der Waals surface area contributed by atoms with E-state index in [4.69, 9.17) is 4.74 Å². The largest absolute Gasteiger partial charge is 0.493 e. The van der Waals surface area contributed by atoms with Crippen LogP contribution in [-0.2, 0) is 19.4 Å². The molecule has 2 aliphatic rings. The van der Waals surface area contributed by atoms with Crippen LogP contribution in [0.25, 0.3) is 0 Å². The molecule has 1 heterocycles. The Morgan fingerprint density at radius 3 is 2.58 bits per heavy atom. The average Bonchev–Trinajstić information content (AvgIpc) is 3.25. The van der Waals surface area contributed by atoms with Crippen LogP contribution in [0.1, 0.15) is 51.4 Å². The molecule has 31 heavy (non-hydrogen) atoms. The number of nitrogens with zero attached hydrogens (tertiary/aromatic N) is 2. The molecule has 1 saturated carbocycles. The summed E-state index contributed by atoms with van der Waals surface area (Å²) in [6.07, 6.45) is 8.71. The van der Waals surface area contributed by atoms with E-state index in [1.54, 1.807) is 24.1 Å². The zero-order chi connectivity index (χ0) is 22.4. The molecule has 0 bridgehead atoms. The number of amides is 2. The Hall–Kier alpha value is -2.09. The van der Waals surface area contributed by atoms with E-state index in [0.717, 1.165) is 44.8 Å². The van der Waals surface area contributed by atoms with Crippen molar-refractivity contribution in [3.05, 3.63) is 24.3 Å². The maximum Gasteiger partial charge on any atom is 0.245 e. The maximum absolute atomic E-state index is 13.0. The number of ether oxygens (including phenoxy) is 1. The first kappa shape index (κ1) is 23.6. The Kier molecular flexibility index (Phi) is 7.97. The molecular formula is C23H34N2O5S. The highest BCUT2D eigenvalue weighted by Gasteiger charge is 2.38. The number of hydrogen-bond donors (Lipinski definition) is 0. The van der Waals surface area contributed by atoms with Gasteiger partial charge in [0.1, 0.15) is 11.8 Å². The Balaban J connectivity index is 1.47. The van der Waals surface area contributed by atoms with E-state index < -0.39 is 9.84 Å². The van der Waals surface area contributed by atoms with E-state index >= 15 is 0 Å². The van der Waals surface area contributed by atoms with Crippen molar-refractivity contribution in [3.63, 3.8) is 0 Å². The lowest BCUT2D eigenvalue weighted by Gasteiger charge is -2.32. The summed E-state index contributed by atoms with van der Waals surface area (Å²) in [4.78, 5) is 29.7. The van der Waals surface area contributed by atoms with E-state index in [0.29, 0.717) is 31.9 Å². The Labute approximate surface area is 185 Å². The molecule has 1 aliphatic heterocycles. The molecule has 8 heteroatoms. The number of likely N-dealkylation sites (tertiary alicyclic amines) is 1. The first-order valence-electron chi connectivity index (χ1n) is 11.3. The summed E-state index contributed by atoms with van der Waals surface area (Å²) in [5.41, 5.74) is 0. The van der Waals surface area contributed by atoms with Crippen LogP contribution in [0, 0.1) is 5.92 Å². The maximum atomic E-state index is 13.0. The fourth-order valence-electron chi connectivity index (χ4n) is 4.52. The molecule has 7 nitrogen and oxygen atoms in total. The van der Waals surface area contributed by atoms with E-state index in [1.165, 1.54) is 18.6 Å². The van der Waals surface area contributed by atoms with Gasteiger partial charge in [0, 0.05) is 32.3 Å². The number of likely N-dealkylation sites (N-methyl/N-ethyl adjacent to an activating group) is 1. The summed E-state index contributed by atoms with van der Waals surface area (Å²) < 4.78 is 29.0. The van der Waals surface area contributed by atoms with Crippen LogP contribution in [0.15, 0.2) is 29.2 Å². The second kappa shape index (κ2) is 10.5. The summed E-state index contributed by atoms with van der Waals surface area (Å²) in [7, 11) is -1.50. The third kappa shape index (κ3) is 6.21. The van der Waals surface area contributed by atoms with E-state index in [2.05, 4.69) is 0 Å². The molecule has 1 aliphatic carbocycles. The van der Waals surface area contributed by atoms with Gasteiger partial charge in [-0.2, -0.15) is 0 Å². The van der Waals surface area contributed by atoms with Crippen LogP contribution in [0.5, 0.6) is 5.75 Å². The van der Waals surface area contributed by atoms with Crippen molar-refractivity contribution >= 4 is 21.7 Å². The lowest BCUT2D eigenvalue weighted by molar-refractivity contribution is -0.146. The van der Waals surface area contributed by atoms with Gasteiger partial charge in [0.25, 0.3) is 0 Å². The lowest BCUT2D eigenvalue weighted by Crippen LogP contribution is -2.48. The molecule has 1 aromatic carbocycles. The molecule has 3 rings (SSSR count). The number of carbonyl (C=O) groups excluding carboxylic acids is 2. The van der Waals surface area contributed by atoms with Crippen molar-refractivity contribution in [2.75, 3.05) is 33.0 Å². The Morgan fingerprint density at radius 2 is 1.87 bits per heavy atom. The first-order valence-corrected chi connectivity index (χ1v) is 13.1. The van der Waals surface area contributed by atoms with Crippen molar-refractivity contribution in [2.45, 2.75) is 62.3 Å². The fraction of sp³-hybridized carbons (Fsp3) is 0.652. The van der Waals surface area contributed by atoms with Crippen LogP contribution < -0.4 is 4.74 Å². The minimum Gasteiger partial charge on any atom is -0.493 e. The molecular weight excluding hydrogens is 416 g/mol. The van der Waals surface area contributed by atoms with Crippen molar-refractivity contribution < 1.29 is 22.7 Å².